The summed E-state index contributed by atoms with van der Waals surface area (Å²) in [5, 5.41) is 6.26. The van der Waals surface area contributed by atoms with Crippen LogP contribution in [0.5, 0.6) is 0 Å². The van der Waals surface area contributed by atoms with Gasteiger partial charge in [0.05, 0.1) is 0 Å². The lowest BCUT2D eigenvalue weighted by Crippen LogP contribution is -2.35. The lowest BCUT2D eigenvalue weighted by atomic mass is 9.98. The summed E-state index contributed by atoms with van der Waals surface area (Å²) >= 11 is 0. The van der Waals surface area contributed by atoms with Gasteiger partial charge in [-0.25, -0.2) is 0 Å². The van der Waals surface area contributed by atoms with Crippen molar-refractivity contribution in [3.05, 3.63) is 23.7 Å². The summed E-state index contributed by atoms with van der Waals surface area (Å²) in [4.78, 5) is 11.8. The minimum atomic E-state index is -0.0942. The van der Waals surface area contributed by atoms with E-state index in [2.05, 4.69) is 10.6 Å². The molecule has 1 amide bonds. The van der Waals surface area contributed by atoms with E-state index in [1.165, 1.54) is 0 Å². The van der Waals surface area contributed by atoms with Crippen LogP contribution in [0.25, 0.3) is 0 Å². The van der Waals surface area contributed by atoms with E-state index in [0.29, 0.717) is 11.7 Å². The number of nitrogens with one attached hydrogen (secondary N) is 2. The number of carbonyl (C=O) groups excluding carboxylic acids is 1. The largest absolute Gasteiger partial charge is 0.456 e. The molecule has 94 valence electrons. The van der Waals surface area contributed by atoms with Gasteiger partial charge in [-0.05, 0) is 44.0 Å². The fraction of sp³-hybridized carbons (Fsp3) is 0.615. The molecule has 2 N–H and O–H groups in total. The molecule has 1 aromatic heterocycles. The maximum absolute atomic E-state index is 11.8. The van der Waals surface area contributed by atoms with Gasteiger partial charge in [0.2, 0.25) is 0 Å². The molecule has 0 atom stereocenters. The molecule has 2 rings (SSSR count). The topological polar surface area (TPSA) is 54.3 Å². The van der Waals surface area contributed by atoms with Crippen LogP contribution >= 0.6 is 0 Å². The highest BCUT2D eigenvalue weighted by Crippen LogP contribution is 2.11. The van der Waals surface area contributed by atoms with E-state index in [9.17, 15) is 4.79 Å². The van der Waals surface area contributed by atoms with Crippen LogP contribution in [0.4, 0.5) is 0 Å². The maximum Gasteiger partial charge on any atom is 0.287 e. The van der Waals surface area contributed by atoms with E-state index in [-0.39, 0.29) is 5.91 Å². The molecule has 0 bridgehead atoms. The molecule has 0 saturated carbocycles. The number of hydrogen-bond donors (Lipinski definition) is 2. The highest BCUT2D eigenvalue weighted by Gasteiger charge is 2.16. The Labute approximate surface area is 102 Å². The first-order valence-electron chi connectivity index (χ1n) is 6.37. The Morgan fingerprint density at radius 3 is 2.88 bits per heavy atom. The van der Waals surface area contributed by atoms with E-state index < -0.39 is 0 Å². The van der Waals surface area contributed by atoms with Crippen LogP contribution in [0.2, 0.25) is 0 Å². The third kappa shape index (κ3) is 3.33. The van der Waals surface area contributed by atoms with Crippen molar-refractivity contribution in [1.29, 1.82) is 0 Å². The van der Waals surface area contributed by atoms with Gasteiger partial charge in [0.15, 0.2) is 5.76 Å². The fourth-order valence-corrected chi connectivity index (χ4v) is 2.10. The SMILES string of the molecule is CCc1ccc(C(=O)NCC2CCNCC2)o1. The molecular formula is C13H20N2O2. The minimum absolute atomic E-state index is 0.0942. The molecule has 1 saturated heterocycles. The lowest BCUT2D eigenvalue weighted by molar-refractivity contribution is 0.0914. The van der Waals surface area contributed by atoms with Crippen LogP contribution in [0.1, 0.15) is 36.1 Å². The Hall–Kier alpha value is -1.29. The zero-order chi connectivity index (χ0) is 12.1. The van der Waals surface area contributed by atoms with Crippen molar-refractivity contribution in [3.8, 4) is 0 Å². The van der Waals surface area contributed by atoms with Gasteiger partial charge in [-0.3, -0.25) is 4.79 Å². The van der Waals surface area contributed by atoms with Crippen molar-refractivity contribution in [1.82, 2.24) is 10.6 Å². The molecule has 1 fully saturated rings. The van der Waals surface area contributed by atoms with Crippen LogP contribution in [0.15, 0.2) is 16.5 Å². The summed E-state index contributed by atoms with van der Waals surface area (Å²) in [6.45, 7) is 4.88. The first-order valence-corrected chi connectivity index (χ1v) is 6.37. The minimum Gasteiger partial charge on any atom is -0.456 e. The highest BCUT2D eigenvalue weighted by atomic mass is 16.3. The molecular weight excluding hydrogens is 216 g/mol. The van der Waals surface area contributed by atoms with Crippen molar-refractivity contribution in [3.63, 3.8) is 0 Å². The van der Waals surface area contributed by atoms with Crippen LogP contribution < -0.4 is 10.6 Å². The number of piperidine rings is 1. The summed E-state index contributed by atoms with van der Waals surface area (Å²) < 4.78 is 5.41. The molecule has 17 heavy (non-hydrogen) atoms. The second-order valence-corrected chi connectivity index (χ2v) is 4.52. The van der Waals surface area contributed by atoms with Crippen LogP contribution in [0, 0.1) is 5.92 Å². The van der Waals surface area contributed by atoms with Crippen molar-refractivity contribution in [2.45, 2.75) is 26.2 Å². The van der Waals surface area contributed by atoms with Crippen LogP contribution in [-0.4, -0.2) is 25.5 Å². The van der Waals surface area contributed by atoms with Gasteiger partial charge in [0.25, 0.3) is 5.91 Å². The smallest absolute Gasteiger partial charge is 0.287 e. The molecule has 0 aliphatic carbocycles. The number of rotatable bonds is 4. The summed E-state index contributed by atoms with van der Waals surface area (Å²) in [5.74, 6) is 1.79. The predicted octanol–water partition coefficient (Wildman–Crippen LogP) is 1.57. The van der Waals surface area contributed by atoms with E-state index >= 15 is 0 Å². The van der Waals surface area contributed by atoms with Crippen molar-refractivity contribution in [2.75, 3.05) is 19.6 Å². The standard InChI is InChI=1S/C13H20N2O2/c1-2-11-3-4-12(17-11)13(16)15-9-10-5-7-14-8-6-10/h3-4,10,14H,2,5-9H2,1H3,(H,15,16). The first-order chi connectivity index (χ1) is 8.29. The third-order valence-corrected chi connectivity index (χ3v) is 3.24. The monoisotopic (exact) mass is 236 g/mol. The average Bonchev–Trinajstić information content (AvgIpc) is 2.86. The van der Waals surface area contributed by atoms with Crippen LogP contribution in [-0.2, 0) is 6.42 Å². The number of hydrogen-bond acceptors (Lipinski definition) is 3. The van der Waals surface area contributed by atoms with Gasteiger partial charge in [0.1, 0.15) is 5.76 Å². The first kappa shape index (κ1) is 12.2. The molecule has 0 spiro atoms. The Bertz CT molecular complexity index is 367. The zero-order valence-corrected chi connectivity index (χ0v) is 10.3. The summed E-state index contributed by atoms with van der Waals surface area (Å²) in [5.41, 5.74) is 0. The molecule has 0 radical (unpaired) electrons. The zero-order valence-electron chi connectivity index (χ0n) is 10.3. The molecule has 4 heteroatoms. The summed E-state index contributed by atoms with van der Waals surface area (Å²) in [6.07, 6.45) is 3.10. The Kier molecular flexibility index (Phi) is 4.20. The fourth-order valence-electron chi connectivity index (χ4n) is 2.10. The predicted molar refractivity (Wildman–Crippen MR) is 66.0 cm³/mol. The quantitative estimate of drug-likeness (QED) is 0.834. The van der Waals surface area contributed by atoms with Crippen molar-refractivity contribution < 1.29 is 9.21 Å². The molecule has 0 aromatic carbocycles. The number of furan rings is 1. The number of aryl methyl sites for hydroxylation is 1. The normalized spacial score (nSPS) is 17.0. The second kappa shape index (κ2) is 5.87. The van der Waals surface area contributed by atoms with Gasteiger partial charge >= 0.3 is 0 Å². The Balaban J connectivity index is 1.80. The van der Waals surface area contributed by atoms with E-state index in [1.54, 1.807) is 6.07 Å². The molecule has 1 aliphatic rings. The molecule has 0 unspecified atom stereocenters. The molecule has 2 heterocycles. The number of carbonyl (C=O) groups is 1. The highest BCUT2D eigenvalue weighted by molar-refractivity contribution is 5.91. The van der Waals surface area contributed by atoms with Gasteiger partial charge < -0.3 is 15.1 Å². The number of amides is 1. The Morgan fingerprint density at radius 1 is 1.47 bits per heavy atom. The van der Waals surface area contributed by atoms with E-state index in [0.717, 1.165) is 44.7 Å². The Morgan fingerprint density at radius 2 is 2.24 bits per heavy atom. The summed E-state index contributed by atoms with van der Waals surface area (Å²) in [7, 11) is 0. The van der Waals surface area contributed by atoms with Crippen molar-refractivity contribution in [2.24, 2.45) is 5.92 Å². The van der Waals surface area contributed by atoms with Gasteiger partial charge in [-0.15, -0.1) is 0 Å². The van der Waals surface area contributed by atoms with Crippen LogP contribution in [0.3, 0.4) is 0 Å². The van der Waals surface area contributed by atoms with Gasteiger partial charge in [-0.1, -0.05) is 6.92 Å². The molecule has 4 nitrogen and oxygen atoms in total. The average molecular weight is 236 g/mol. The van der Waals surface area contributed by atoms with E-state index in [1.807, 2.05) is 13.0 Å². The second-order valence-electron chi connectivity index (χ2n) is 4.52. The van der Waals surface area contributed by atoms with E-state index in [4.69, 9.17) is 4.42 Å². The maximum atomic E-state index is 11.8. The van der Waals surface area contributed by atoms with Gasteiger partial charge in [-0.2, -0.15) is 0 Å². The lowest BCUT2D eigenvalue weighted by Gasteiger charge is -2.22. The third-order valence-electron chi connectivity index (χ3n) is 3.24. The summed E-state index contributed by atoms with van der Waals surface area (Å²) in [6, 6.07) is 3.61. The molecule has 1 aliphatic heterocycles. The van der Waals surface area contributed by atoms with Gasteiger partial charge in [0, 0.05) is 13.0 Å². The molecule has 1 aromatic rings. The van der Waals surface area contributed by atoms with Crippen molar-refractivity contribution >= 4 is 5.91 Å².